The number of hydrogen-bond acceptors (Lipinski definition) is 1. The average molecular weight is 285 g/mol. The summed E-state index contributed by atoms with van der Waals surface area (Å²) >= 11 is 0. The van der Waals surface area contributed by atoms with Gasteiger partial charge in [0.15, 0.2) is 0 Å². The van der Waals surface area contributed by atoms with Crippen LogP contribution in [0.5, 0.6) is 0 Å². The first-order chi connectivity index (χ1) is 9.42. The molecule has 108 valence electrons. The third-order valence-corrected chi connectivity index (χ3v) is 3.25. The molecule has 20 heavy (non-hydrogen) atoms. The Kier molecular flexibility index (Phi) is 4.28. The minimum Gasteiger partial charge on any atom is -0.304 e. The van der Waals surface area contributed by atoms with Crippen LogP contribution < -0.4 is 5.32 Å². The Morgan fingerprint density at radius 2 is 1.70 bits per heavy atom. The van der Waals surface area contributed by atoms with Gasteiger partial charge in [-0.25, -0.2) is 8.78 Å². The summed E-state index contributed by atoms with van der Waals surface area (Å²) in [5, 5.41) is 4.39. The Morgan fingerprint density at radius 3 is 2.40 bits per heavy atom. The van der Waals surface area contributed by atoms with Gasteiger partial charge in [0.2, 0.25) is 0 Å². The van der Waals surface area contributed by atoms with E-state index in [1.807, 2.05) is 36.4 Å². The molecule has 0 fully saturated rings. The Morgan fingerprint density at radius 1 is 1.05 bits per heavy atom. The molecule has 1 nitrogen and oxygen atoms in total. The zero-order valence-electron chi connectivity index (χ0n) is 10.9. The molecule has 1 atom stereocenters. The number of hydrogen-bond donors (Lipinski definition) is 1. The number of halogens is 4. The van der Waals surface area contributed by atoms with Gasteiger partial charge in [0.25, 0.3) is 0 Å². The van der Waals surface area contributed by atoms with Gasteiger partial charge in [0.05, 0.1) is 6.54 Å². The minimum atomic E-state index is -4.02. The fraction of sp³-hybridized carbons (Fsp3) is 0.333. The SMILES string of the molecule is CC(NCC(F)(F)C(F)F)c1cccc2ccccc12. The zero-order valence-corrected chi connectivity index (χ0v) is 10.9. The predicted octanol–water partition coefficient (Wildman–Crippen LogP) is 4.39. The van der Waals surface area contributed by atoms with Crippen LogP contribution in [0.15, 0.2) is 42.5 Å². The van der Waals surface area contributed by atoms with E-state index in [2.05, 4.69) is 5.32 Å². The Bertz CT molecular complexity index is 578. The van der Waals surface area contributed by atoms with E-state index in [9.17, 15) is 17.6 Å². The molecule has 2 aromatic rings. The van der Waals surface area contributed by atoms with E-state index < -0.39 is 24.9 Å². The van der Waals surface area contributed by atoms with Crippen molar-refractivity contribution < 1.29 is 17.6 Å². The predicted molar refractivity (Wildman–Crippen MR) is 71.3 cm³/mol. The normalized spacial score (nSPS) is 13.9. The van der Waals surface area contributed by atoms with Gasteiger partial charge in [-0.1, -0.05) is 42.5 Å². The maximum absolute atomic E-state index is 12.9. The molecule has 1 N–H and O–H groups in total. The van der Waals surface area contributed by atoms with Crippen LogP contribution in [0.4, 0.5) is 17.6 Å². The highest BCUT2D eigenvalue weighted by atomic mass is 19.3. The lowest BCUT2D eigenvalue weighted by Crippen LogP contribution is -2.39. The third kappa shape index (κ3) is 3.10. The second-order valence-electron chi connectivity index (χ2n) is 4.73. The van der Waals surface area contributed by atoms with Gasteiger partial charge < -0.3 is 5.32 Å². The highest BCUT2D eigenvalue weighted by Crippen LogP contribution is 2.26. The molecule has 0 radical (unpaired) electrons. The smallest absolute Gasteiger partial charge is 0.304 e. The van der Waals surface area contributed by atoms with Crippen molar-refractivity contribution in [2.45, 2.75) is 25.3 Å². The van der Waals surface area contributed by atoms with E-state index in [-0.39, 0.29) is 0 Å². The molecule has 0 aliphatic rings. The summed E-state index contributed by atoms with van der Waals surface area (Å²) < 4.78 is 50.1. The number of benzene rings is 2. The van der Waals surface area contributed by atoms with Crippen molar-refractivity contribution in [3.8, 4) is 0 Å². The van der Waals surface area contributed by atoms with E-state index in [0.29, 0.717) is 0 Å². The van der Waals surface area contributed by atoms with E-state index in [4.69, 9.17) is 0 Å². The molecular formula is C15H15F4N. The van der Waals surface area contributed by atoms with E-state index >= 15 is 0 Å². The average Bonchev–Trinajstić information content (AvgIpc) is 2.44. The Balaban J connectivity index is 2.18. The maximum Gasteiger partial charge on any atom is 0.319 e. The molecule has 1 unspecified atom stereocenters. The largest absolute Gasteiger partial charge is 0.319 e. The van der Waals surface area contributed by atoms with Gasteiger partial charge >= 0.3 is 12.3 Å². The molecule has 0 amide bonds. The number of rotatable bonds is 5. The zero-order chi connectivity index (χ0) is 14.8. The lowest BCUT2D eigenvalue weighted by atomic mass is 9.99. The molecule has 0 spiro atoms. The van der Waals surface area contributed by atoms with Crippen LogP contribution in [0.2, 0.25) is 0 Å². The molecule has 0 aromatic heterocycles. The molecule has 2 rings (SSSR count). The molecule has 5 heteroatoms. The van der Waals surface area contributed by atoms with Gasteiger partial charge in [-0.3, -0.25) is 0 Å². The Hall–Kier alpha value is -1.62. The Labute approximate surface area is 114 Å². The summed E-state index contributed by atoms with van der Waals surface area (Å²) in [6.07, 6.45) is -3.66. The highest BCUT2D eigenvalue weighted by molar-refractivity contribution is 5.86. The molecule has 0 saturated heterocycles. The standard InChI is InChI=1S/C15H15F4N/c1-10(20-9-15(18,19)14(16)17)12-8-4-6-11-5-2-3-7-13(11)12/h2-8,10,14,20H,9H2,1H3. The first-order valence-electron chi connectivity index (χ1n) is 6.29. The van der Waals surface area contributed by atoms with Crippen molar-refractivity contribution in [3.05, 3.63) is 48.0 Å². The van der Waals surface area contributed by atoms with Gasteiger partial charge in [0.1, 0.15) is 0 Å². The van der Waals surface area contributed by atoms with Crippen LogP contribution in [0.3, 0.4) is 0 Å². The van der Waals surface area contributed by atoms with Gasteiger partial charge in [-0.15, -0.1) is 0 Å². The monoisotopic (exact) mass is 285 g/mol. The molecule has 0 bridgehead atoms. The molecular weight excluding hydrogens is 270 g/mol. The van der Waals surface area contributed by atoms with E-state index in [1.165, 1.54) is 0 Å². The maximum atomic E-state index is 12.9. The molecule has 0 saturated carbocycles. The van der Waals surface area contributed by atoms with Gasteiger partial charge in [-0.2, -0.15) is 8.78 Å². The lowest BCUT2D eigenvalue weighted by Gasteiger charge is -2.21. The van der Waals surface area contributed by atoms with Crippen molar-refractivity contribution >= 4 is 10.8 Å². The first kappa shape index (κ1) is 14.8. The van der Waals surface area contributed by atoms with Crippen molar-refractivity contribution in [1.29, 1.82) is 0 Å². The third-order valence-electron chi connectivity index (χ3n) is 3.25. The molecule has 0 aliphatic carbocycles. The first-order valence-corrected chi connectivity index (χ1v) is 6.29. The summed E-state index contributed by atoms with van der Waals surface area (Å²) in [6.45, 7) is 0.637. The van der Waals surface area contributed by atoms with Crippen LogP contribution in [0.25, 0.3) is 10.8 Å². The summed E-state index contributed by atoms with van der Waals surface area (Å²) in [7, 11) is 0. The van der Waals surface area contributed by atoms with Crippen molar-refractivity contribution in [1.82, 2.24) is 5.32 Å². The minimum absolute atomic E-state index is 0.439. The summed E-state index contributed by atoms with van der Waals surface area (Å²) in [5.41, 5.74) is 0.813. The second-order valence-corrected chi connectivity index (χ2v) is 4.73. The van der Waals surface area contributed by atoms with Crippen molar-refractivity contribution in [3.63, 3.8) is 0 Å². The summed E-state index contributed by atoms with van der Waals surface area (Å²) in [6, 6.07) is 12.6. The van der Waals surface area contributed by atoms with Crippen LogP contribution in [0, 0.1) is 0 Å². The van der Waals surface area contributed by atoms with Crippen LogP contribution in [-0.2, 0) is 0 Å². The molecule has 0 heterocycles. The molecule has 0 aliphatic heterocycles. The quantitative estimate of drug-likeness (QED) is 0.803. The van der Waals surface area contributed by atoms with E-state index in [0.717, 1.165) is 16.3 Å². The van der Waals surface area contributed by atoms with Gasteiger partial charge in [-0.05, 0) is 23.3 Å². The van der Waals surface area contributed by atoms with Crippen molar-refractivity contribution in [2.24, 2.45) is 0 Å². The fourth-order valence-corrected chi connectivity index (χ4v) is 2.10. The number of nitrogens with one attached hydrogen (secondary N) is 1. The summed E-state index contributed by atoms with van der Waals surface area (Å²) in [5.74, 6) is -4.02. The van der Waals surface area contributed by atoms with Crippen LogP contribution in [0.1, 0.15) is 18.5 Å². The topological polar surface area (TPSA) is 12.0 Å². The van der Waals surface area contributed by atoms with Crippen LogP contribution >= 0.6 is 0 Å². The van der Waals surface area contributed by atoms with E-state index in [1.54, 1.807) is 13.0 Å². The van der Waals surface area contributed by atoms with Gasteiger partial charge in [0, 0.05) is 6.04 Å². The second kappa shape index (κ2) is 5.79. The van der Waals surface area contributed by atoms with Crippen molar-refractivity contribution in [2.75, 3.05) is 6.54 Å². The number of alkyl halides is 4. The number of fused-ring (bicyclic) bond motifs is 1. The fourth-order valence-electron chi connectivity index (χ4n) is 2.10. The summed E-state index contributed by atoms with van der Waals surface area (Å²) in [4.78, 5) is 0. The lowest BCUT2D eigenvalue weighted by molar-refractivity contribution is -0.126. The highest BCUT2D eigenvalue weighted by Gasteiger charge is 2.40. The van der Waals surface area contributed by atoms with Crippen LogP contribution in [-0.4, -0.2) is 18.9 Å². The molecule has 2 aromatic carbocycles.